The second kappa shape index (κ2) is 10.2. The number of aliphatic imine (C=N–C) groups is 1. The van der Waals surface area contributed by atoms with E-state index < -0.39 is 27.2 Å². The Morgan fingerprint density at radius 1 is 1.12 bits per heavy atom. The van der Waals surface area contributed by atoms with Gasteiger partial charge in [-0.2, -0.15) is 0 Å². The van der Waals surface area contributed by atoms with Crippen molar-refractivity contribution >= 4 is 34.4 Å². The van der Waals surface area contributed by atoms with Gasteiger partial charge in [0.25, 0.3) is 5.69 Å². The van der Waals surface area contributed by atoms with Gasteiger partial charge in [0.2, 0.25) is 0 Å². The van der Waals surface area contributed by atoms with E-state index in [1.54, 1.807) is 31.2 Å². The molecule has 2 N–H and O–H groups in total. The van der Waals surface area contributed by atoms with Crippen molar-refractivity contribution in [1.82, 2.24) is 5.43 Å². The van der Waals surface area contributed by atoms with Crippen molar-refractivity contribution in [3.8, 4) is 0 Å². The monoisotopic (exact) mass is 439 g/mol. The van der Waals surface area contributed by atoms with Gasteiger partial charge in [-0.3, -0.25) is 36.1 Å². The molecule has 1 aliphatic rings. The molecule has 1 aliphatic heterocycles. The fraction of sp³-hybridized carbons (Fsp3) is 0.238. The number of hydrogen-bond acceptors (Lipinski definition) is 9. The highest BCUT2D eigenvalue weighted by atomic mass is 16.6. The first-order chi connectivity index (χ1) is 15.4. The zero-order valence-electron chi connectivity index (χ0n) is 17.2. The molecule has 0 aromatic heterocycles. The Morgan fingerprint density at radius 2 is 1.88 bits per heavy atom. The summed E-state index contributed by atoms with van der Waals surface area (Å²) in [6.45, 7) is 2.45. The first kappa shape index (κ1) is 22.4. The Bertz CT molecular complexity index is 1100. The van der Waals surface area contributed by atoms with E-state index >= 15 is 0 Å². The molecule has 0 aliphatic carbocycles. The average Bonchev–Trinajstić information content (AvgIpc) is 3.31. The van der Waals surface area contributed by atoms with Gasteiger partial charge >= 0.3 is 11.7 Å². The number of anilines is 1. The summed E-state index contributed by atoms with van der Waals surface area (Å²) in [7, 11) is 0. The number of ether oxygens (including phenoxy) is 1. The molecule has 0 spiro atoms. The molecule has 0 bridgehead atoms. The second-order valence-electron chi connectivity index (χ2n) is 6.73. The highest BCUT2D eigenvalue weighted by molar-refractivity contribution is 6.25. The van der Waals surface area contributed by atoms with Crippen LogP contribution in [0.25, 0.3) is 5.70 Å². The topological polar surface area (TPSA) is 149 Å². The largest absolute Gasteiger partial charge is 0.462 e. The zero-order valence-corrected chi connectivity index (χ0v) is 17.2. The maximum Gasteiger partial charge on any atom is 0.342 e. The lowest BCUT2D eigenvalue weighted by atomic mass is 10.0. The van der Waals surface area contributed by atoms with Crippen molar-refractivity contribution in [2.45, 2.75) is 19.8 Å². The normalized spacial score (nSPS) is 13.6. The highest BCUT2D eigenvalue weighted by Crippen LogP contribution is 2.29. The van der Waals surface area contributed by atoms with Crippen LogP contribution in [-0.2, 0) is 9.53 Å². The Kier molecular flexibility index (Phi) is 7.11. The number of nitrogens with zero attached hydrogens (tertiary/aromatic N) is 3. The summed E-state index contributed by atoms with van der Waals surface area (Å²) in [5.74, 6) is -0.570. The van der Waals surface area contributed by atoms with Crippen LogP contribution in [0.15, 0.2) is 59.1 Å². The van der Waals surface area contributed by atoms with Gasteiger partial charge in [-0.05, 0) is 25.8 Å². The lowest BCUT2D eigenvalue weighted by molar-refractivity contribution is -0.393. The van der Waals surface area contributed by atoms with Crippen LogP contribution in [0.3, 0.4) is 0 Å². The zero-order chi connectivity index (χ0) is 23.1. The molecule has 0 atom stereocenters. The van der Waals surface area contributed by atoms with Crippen LogP contribution >= 0.6 is 0 Å². The second-order valence-corrected chi connectivity index (χ2v) is 6.73. The maximum absolute atomic E-state index is 12.8. The van der Waals surface area contributed by atoms with E-state index in [2.05, 4.69) is 15.8 Å². The summed E-state index contributed by atoms with van der Waals surface area (Å²) in [6.07, 6.45) is 1.38. The Balaban J connectivity index is 2.06. The molecular formula is C21H21N5O6. The number of benzene rings is 2. The predicted octanol–water partition coefficient (Wildman–Crippen LogP) is 3.63. The lowest BCUT2D eigenvalue weighted by Crippen LogP contribution is -2.27. The molecule has 0 saturated carbocycles. The number of hydrazine groups is 1. The van der Waals surface area contributed by atoms with Gasteiger partial charge in [-0.25, -0.2) is 4.79 Å². The van der Waals surface area contributed by atoms with Crippen LogP contribution in [0.4, 0.5) is 17.1 Å². The quantitative estimate of drug-likeness (QED) is 0.260. The molecule has 3 rings (SSSR count). The van der Waals surface area contributed by atoms with Gasteiger partial charge in [-0.1, -0.05) is 30.3 Å². The molecule has 32 heavy (non-hydrogen) atoms. The van der Waals surface area contributed by atoms with Crippen LogP contribution < -0.4 is 10.9 Å². The molecule has 11 heteroatoms. The fourth-order valence-electron chi connectivity index (χ4n) is 3.22. The van der Waals surface area contributed by atoms with Gasteiger partial charge in [-0.15, -0.1) is 0 Å². The number of nitro groups is 2. The summed E-state index contributed by atoms with van der Waals surface area (Å²) in [5, 5.41) is 22.4. The van der Waals surface area contributed by atoms with Gasteiger partial charge < -0.3 is 4.74 Å². The number of nitrogens with one attached hydrogen (secondary N) is 2. The number of hydrogen-bond donors (Lipinski definition) is 2. The number of nitro benzene ring substituents is 2. The Hall–Kier alpha value is -4.28. The number of non-ortho nitro benzene ring substituents is 1. The first-order valence-corrected chi connectivity index (χ1v) is 9.87. The smallest absolute Gasteiger partial charge is 0.342 e. The van der Waals surface area contributed by atoms with E-state index in [0.717, 1.165) is 18.6 Å². The molecule has 166 valence electrons. The number of rotatable bonds is 9. The summed E-state index contributed by atoms with van der Waals surface area (Å²) in [4.78, 5) is 38.3. The SMILES string of the molecule is CCOC(=O)/C(C1=NCCC1)=C(\NNc1ccc([N+](=O)[O-])cc1[N+](=O)[O-])c1ccccc1. The molecule has 11 nitrogen and oxygen atoms in total. The third kappa shape index (κ3) is 5.06. The van der Waals surface area contributed by atoms with Gasteiger partial charge in [0.15, 0.2) is 0 Å². The molecule has 0 saturated heterocycles. The molecule has 2 aromatic carbocycles. The molecule has 0 unspecified atom stereocenters. The molecule has 2 aromatic rings. The third-order valence-corrected chi connectivity index (χ3v) is 4.67. The van der Waals surface area contributed by atoms with Crippen molar-refractivity contribution < 1.29 is 19.4 Å². The number of carbonyl (C=O) groups excluding carboxylic acids is 1. The summed E-state index contributed by atoms with van der Waals surface area (Å²) >= 11 is 0. The van der Waals surface area contributed by atoms with E-state index in [0.29, 0.717) is 29.9 Å². The van der Waals surface area contributed by atoms with Crippen molar-refractivity contribution in [3.63, 3.8) is 0 Å². The highest BCUT2D eigenvalue weighted by Gasteiger charge is 2.26. The standard InChI is InChI=1S/C21H21N5O6/c1-2-32-21(27)19(17-9-6-12-22-17)20(14-7-4-3-5-8-14)24-23-16-11-10-15(25(28)29)13-18(16)26(30)31/h3-5,7-8,10-11,13,23-24H,2,6,9,12H2,1H3/b20-19-. The van der Waals surface area contributed by atoms with Crippen LogP contribution in [0.2, 0.25) is 0 Å². The first-order valence-electron chi connectivity index (χ1n) is 9.87. The molecular weight excluding hydrogens is 418 g/mol. The average molecular weight is 439 g/mol. The predicted molar refractivity (Wildman–Crippen MR) is 118 cm³/mol. The van der Waals surface area contributed by atoms with E-state index in [1.165, 1.54) is 6.07 Å². The van der Waals surface area contributed by atoms with E-state index in [4.69, 9.17) is 4.74 Å². The van der Waals surface area contributed by atoms with Crippen LogP contribution in [-0.4, -0.2) is 34.7 Å². The minimum absolute atomic E-state index is 0.00870. The molecule has 1 heterocycles. The minimum atomic E-state index is -0.726. The van der Waals surface area contributed by atoms with Gasteiger partial charge in [0.1, 0.15) is 11.3 Å². The third-order valence-electron chi connectivity index (χ3n) is 4.67. The summed E-state index contributed by atoms with van der Waals surface area (Å²) < 4.78 is 5.25. The molecule has 0 amide bonds. The van der Waals surface area contributed by atoms with Crippen molar-refractivity contribution in [2.24, 2.45) is 4.99 Å². The summed E-state index contributed by atoms with van der Waals surface area (Å²) in [6, 6.07) is 12.1. The van der Waals surface area contributed by atoms with Gasteiger partial charge in [0.05, 0.1) is 33.9 Å². The Morgan fingerprint density at radius 3 is 2.47 bits per heavy atom. The Labute approximate surface area is 183 Å². The number of esters is 1. The van der Waals surface area contributed by atoms with E-state index in [-0.39, 0.29) is 17.9 Å². The number of carbonyl (C=O) groups is 1. The van der Waals surface area contributed by atoms with Gasteiger partial charge in [0, 0.05) is 18.2 Å². The molecule has 0 fully saturated rings. The van der Waals surface area contributed by atoms with Crippen molar-refractivity contribution in [3.05, 3.63) is 79.9 Å². The van der Waals surface area contributed by atoms with Crippen LogP contribution in [0, 0.1) is 20.2 Å². The fourth-order valence-corrected chi connectivity index (χ4v) is 3.22. The lowest BCUT2D eigenvalue weighted by Gasteiger charge is -2.18. The molecule has 0 radical (unpaired) electrons. The van der Waals surface area contributed by atoms with E-state index in [9.17, 15) is 25.0 Å². The van der Waals surface area contributed by atoms with Crippen molar-refractivity contribution in [2.75, 3.05) is 18.6 Å². The van der Waals surface area contributed by atoms with Crippen LogP contribution in [0.1, 0.15) is 25.3 Å². The van der Waals surface area contributed by atoms with E-state index in [1.807, 2.05) is 6.07 Å². The maximum atomic E-state index is 12.8. The summed E-state index contributed by atoms with van der Waals surface area (Å²) in [5.41, 5.74) is 6.47. The van der Waals surface area contributed by atoms with Crippen LogP contribution in [0.5, 0.6) is 0 Å². The van der Waals surface area contributed by atoms with Crippen molar-refractivity contribution in [1.29, 1.82) is 0 Å². The minimum Gasteiger partial charge on any atom is -0.462 e.